The number of rotatable bonds is 6. The molecule has 0 amide bonds. The summed E-state index contributed by atoms with van der Waals surface area (Å²) in [5.74, 6) is -0.254. The van der Waals surface area contributed by atoms with Crippen molar-refractivity contribution >= 4 is 5.97 Å². The van der Waals surface area contributed by atoms with Gasteiger partial charge >= 0.3 is 5.97 Å². The van der Waals surface area contributed by atoms with E-state index in [0.29, 0.717) is 6.61 Å². The molecule has 0 aromatic heterocycles. The quantitative estimate of drug-likeness (QED) is 0.422. The van der Waals surface area contributed by atoms with Crippen LogP contribution >= 0.6 is 0 Å². The molecule has 0 fully saturated rings. The number of esters is 1. The lowest BCUT2D eigenvalue weighted by molar-refractivity contribution is -0.161. The molecule has 0 saturated heterocycles. The topological polar surface area (TPSA) is 35.5 Å². The van der Waals surface area contributed by atoms with Crippen LogP contribution in [0.25, 0.3) is 0 Å². The summed E-state index contributed by atoms with van der Waals surface area (Å²) < 4.78 is 10.2. The molecular formula is C13H18O3. The molecule has 88 valence electrons. The summed E-state index contributed by atoms with van der Waals surface area (Å²) in [7, 11) is 0. The molecular weight excluding hydrogens is 204 g/mol. The zero-order valence-corrected chi connectivity index (χ0v) is 9.81. The first-order valence-corrected chi connectivity index (χ1v) is 5.52. The molecule has 1 aromatic carbocycles. The number of hydrogen-bond acceptors (Lipinski definition) is 3. The van der Waals surface area contributed by atoms with Gasteiger partial charge in [-0.1, -0.05) is 44.2 Å². The lowest BCUT2D eigenvalue weighted by Gasteiger charge is -2.09. The summed E-state index contributed by atoms with van der Waals surface area (Å²) in [6.07, 6.45) is 0.789. The molecule has 0 heterocycles. The van der Waals surface area contributed by atoms with Crippen LogP contribution in [0.1, 0.15) is 25.8 Å². The van der Waals surface area contributed by atoms with Crippen LogP contribution in [0, 0.1) is 5.92 Å². The molecule has 0 saturated carbocycles. The Morgan fingerprint density at radius 3 is 2.62 bits per heavy atom. The molecule has 0 aliphatic carbocycles. The van der Waals surface area contributed by atoms with Gasteiger partial charge in [-0.2, -0.15) is 0 Å². The average Bonchev–Trinajstić information content (AvgIpc) is 2.34. The van der Waals surface area contributed by atoms with Gasteiger partial charge in [0.15, 0.2) is 6.79 Å². The summed E-state index contributed by atoms with van der Waals surface area (Å²) in [4.78, 5) is 11.3. The third-order valence-electron chi connectivity index (χ3n) is 2.41. The highest BCUT2D eigenvalue weighted by molar-refractivity contribution is 5.71. The van der Waals surface area contributed by atoms with Gasteiger partial charge in [0, 0.05) is 0 Å². The molecule has 0 bridgehead atoms. The van der Waals surface area contributed by atoms with Crippen molar-refractivity contribution in [3.63, 3.8) is 0 Å². The zero-order valence-electron chi connectivity index (χ0n) is 9.81. The molecule has 1 unspecified atom stereocenters. The number of hydrogen-bond donors (Lipinski definition) is 0. The van der Waals surface area contributed by atoms with Gasteiger partial charge in [-0.3, -0.25) is 4.79 Å². The average molecular weight is 222 g/mol. The van der Waals surface area contributed by atoms with Gasteiger partial charge in [-0.15, -0.1) is 0 Å². The van der Waals surface area contributed by atoms with Crippen LogP contribution in [0.2, 0.25) is 0 Å². The van der Waals surface area contributed by atoms with Gasteiger partial charge in [0.05, 0.1) is 12.5 Å². The molecule has 0 spiro atoms. The molecule has 0 aliphatic heterocycles. The van der Waals surface area contributed by atoms with E-state index in [1.165, 1.54) is 0 Å². The van der Waals surface area contributed by atoms with Gasteiger partial charge in [0.1, 0.15) is 0 Å². The van der Waals surface area contributed by atoms with Crippen LogP contribution in [-0.4, -0.2) is 12.8 Å². The zero-order chi connectivity index (χ0) is 11.8. The molecule has 16 heavy (non-hydrogen) atoms. The lowest BCUT2D eigenvalue weighted by Crippen LogP contribution is -2.15. The largest absolute Gasteiger partial charge is 0.438 e. The van der Waals surface area contributed by atoms with Crippen molar-refractivity contribution in [2.45, 2.75) is 26.9 Å². The maximum absolute atomic E-state index is 11.3. The summed E-state index contributed by atoms with van der Waals surface area (Å²) in [6, 6.07) is 9.78. The molecule has 1 rings (SSSR count). The van der Waals surface area contributed by atoms with Crippen molar-refractivity contribution in [2.24, 2.45) is 5.92 Å². The van der Waals surface area contributed by atoms with Crippen LogP contribution in [0.5, 0.6) is 0 Å². The van der Waals surface area contributed by atoms with E-state index in [-0.39, 0.29) is 18.7 Å². The monoisotopic (exact) mass is 222 g/mol. The predicted molar refractivity (Wildman–Crippen MR) is 61.6 cm³/mol. The second-order valence-electron chi connectivity index (χ2n) is 3.72. The first-order valence-electron chi connectivity index (χ1n) is 5.52. The molecule has 0 radical (unpaired) electrons. The SMILES string of the molecule is CCC(C)C(=O)OCOCc1ccccc1. The van der Waals surface area contributed by atoms with Crippen molar-refractivity contribution in [3.8, 4) is 0 Å². The van der Waals surface area contributed by atoms with E-state index in [0.717, 1.165) is 12.0 Å². The highest BCUT2D eigenvalue weighted by atomic mass is 16.7. The third-order valence-corrected chi connectivity index (χ3v) is 2.41. The standard InChI is InChI=1S/C13H18O3/c1-3-11(2)13(14)16-10-15-9-12-7-5-4-6-8-12/h4-8,11H,3,9-10H2,1-2H3. The number of carbonyl (C=O) groups is 1. The Morgan fingerprint density at radius 2 is 2.00 bits per heavy atom. The molecule has 1 atom stereocenters. The summed E-state index contributed by atoms with van der Waals surface area (Å²) in [5.41, 5.74) is 1.07. The predicted octanol–water partition coefficient (Wildman–Crippen LogP) is 2.75. The normalized spacial score (nSPS) is 12.1. The molecule has 3 nitrogen and oxygen atoms in total. The fourth-order valence-electron chi connectivity index (χ4n) is 1.14. The Kier molecular flexibility index (Phi) is 5.57. The Balaban J connectivity index is 2.15. The van der Waals surface area contributed by atoms with E-state index in [1.54, 1.807) is 0 Å². The Labute approximate surface area is 96.4 Å². The minimum Gasteiger partial charge on any atom is -0.438 e. The summed E-state index contributed by atoms with van der Waals surface area (Å²) in [6.45, 7) is 4.29. The van der Waals surface area contributed by atoms with E-state index < -0.39 is 0 Å². The Bertz CT molecular complexity index is 308. The maximum Gasteiger partial charge on any atom is 0.310 e. The maximum atomic E-state index is 11.3. The van der Waals surface area contributed by atoms with Crippen LogP contribution in [0.3, 0.4) is 0 Å². The van der Waals surface area contributed by atoms with Crippen molar-refractivity contribution < 1.29 is 14.3 Å². The highest BCUT2D eigenvalue weighted by Gasteiger charge is 2.11. The van der Waals surface area contributed by atoms with Gasteiger partial charge < -0.3 is 9.47 Å². The van der Waals surface area contributed by atoms with Crippen molar-refractivity contribution in [1.29, 1.82) is 0 Å². The molecule has 3 heteroatoms. The van der Waals surface area contributed by atoms with Gasteiger partial charge in [-0.25, -0.2) is 0 Å². The van der Waals surface area contributed by atoms with E-state index in [9.17, 15) is 4.79 Å². The Hall–Kier alpha value is -1.35. The minimum absolute atomic E-state index is 0.0259. The summed E-state index contributed by atoms with van der Waals surface area (Å²) in [5, 5.41) is 0. The third kappa shape index (κ3) is 4.45. The van der Waals surface area contributed by atoms with Crippen molar-refractivity contribution in [2.75, 3.05) is 6.79 Å². The van der Waals surface area contributed by atoms with Crippen LogP contribution in [0.15, 0.2) is 30.3 Å². The smallest absolute Gasteiger partial charge is 0.310 e. The molecule has 1 aromatic rings. The van der Waals surface area contributed by atoms with Gasteiger partial charge in [0.25, 0.3) is 0 Å². The summed E-state index contributed by atoms with van der Waals surface area (Å²) >= 11 is 0. The second-order valence-corrected chi connectivity index (χ2v) is 3.72. The van der Waals surface area contributed by atoms with Gasteiger partial charge in [0.2, 0.25) is 0 Å². The number of benzene rings is 1. The van der Waals surface area contributed by atoms with E-state index >= 15 is 0 Å². The van der Waals surface area contributed by atoms with Crippen LogP contribution in [0.4, 0.5) is 0 Å². The first kappa shape index (κ1) is 12.7. The van der Waals surface area contributed by atoms with Gasteiger partial charge in [-0.05, 0) is 12.0 Å². The lowest BCUT2D eigenvalue weighted by atomic mass is 10.1. The first-order chi connectivity index (χ1) is 7.74. The van der Waals surface area contributed by atoms with E-state index in [2.05, 4.69) is 0 Å². The second kappa shape index (κ2) is 7.01. The minimum atomic E-state index is -0.199. The van der Waals surface area contributed by atoms with Crippen molar-refractivity contribution in [3.05, 3.63) is 35.9 Å². The molecule has 0 N–H and O–H groups in total. The number of ether oxygens (including phenoxy) is 2. The fraction of sp³-hybridized carbons (Fsp3) is 0.462. The van der Waals surface area contributed by atoms with Crippen molar-refractivity contribution in [1.82, 2.24) is 0 Å². The van der Waals surface area contributed by atoms with Crippen LogP contribution in [-0.2, 0) is 20.9 Å². The molecule has 0 aliphatic rings. The highest BCUT2D eigenvalue weighted by Crippen LogP contribution is 2.04. The van der Waals surface area contributed by atoms with E-state index in [1.807, 2.05) is 44.2 Å². The Morgan fingerprint density at radius 1 is 1.31 bits per heavy atom. The van der Waals surface area contributed by atoms with E-state index in [4.69, 9.17) is 9.47 Å². The fourth-order valence-corrected chi connectivity index (χ4v) is 1.14. The van der Waals surface area contributed by atoms with Crippen LogP contribution < -0.4 is 0 Å². The number of carbonyl (C=O) groups excluding carboxylic acids is 1.